The van der Waals surface area contributed by atoms with Gasteiger partial charge in [0.1, 0.15) is 17.1 Å². The van der Waals surface area contributed by atoms with Crippen molar-refractivity contribution >= 4 is 28.5 Å². The fourth-order valence-corrected chi connectivity index (χ4v) is 3.91. The Kier molecular flexibility index (Phi) is 6.26. The molecule has 2 N–H and O–H groups in total. The van der Waals surface area contributed by atoms with Crippen molar-refractivity contribution in [3.63, 3.8) is 0 Å². The molecular formula is C25H30N6O2. The number of fused-ring (bicyclic) bond motifs is 1. The monoisotopic (exact) mass is 446 g/mol. The fourth-order valence-electron chi connectivity index (χ4n) is 3.91. The number of rotatable bonds is 6. The number of carbonyl (C=O) groups is 1. The van der Waals surface area contributed by atoms with E-state index >= 15 is 0 Å². The second-order valence-corrected chi connectivity index (χ2v) is 9.48. The number of nitrogens with one attached hydrogen (secondary N) is 2. The van der Waals surface area contributed by atoms with E-state index in [4.69, 9.17) is 15.1 Å². The molecule has 3 aromatic rings. The third kappa shape index (κ3) is 5.45. The summed E-state index contributed by atoms with van der Waals surface area (Å²) >= 11 is 0. The van der Waals surface area contributed by atoms with Crippen molar-refractivity contribution in [3.05, 3.63) is 60.2 Å². The molecule has 1 aliphatic rings. The summed E-state index contributed by atoms with van der Waals surface area (Å²) in [6.07, 6.45) is 3.14. The molecule has 0 bridgehead atoms. The molecule has 1 atom stereocenters. The molecule has 1 unspecified atom stereocenters. The van der Waals surface area contributed by atoms with Crippen LogP contribution in [0.4, 0.5) is 10.6 Å². The number of anilines is 1. The van der Waals surface area contributed by atoms with Crippen LogP contribution >= 0.6 is 0 Å². The van der Waals surface area contributed by atoms with E-state index < -0.39 is 11.7 Å². The Morgan fingerprint density at radius 2 is 1.91 bits per heavy atom. The molecule has 1 amide bonds. The first-order chi connectivity index (χ1) is 15.7. The second kappa shape index (κ2) is 9.13. The minimum absolute atomic E-state index is 0.177. The molecule has 33 heavy (non-hydrogen) atoms. The highest BCUT2D eigenvalue weighted by atomic mass is 16.6. The maximum Gasteiger partial charge on any atom is 0.407 e. The molecule has 0 saturated carbocycles. The molecule has 1 fully saturated rings. The van der Waals surface area contributed by atoms with Gasteiger partial charge in [0, 0.05) is 49.2 Å². The van der Waals surface area contributed by atoms with Crippen LogP contribution in [0.2, 0.25) is 0 Å². The number of nitrogens with zero attached hydrogens (tertiary/aromatic N) is 4. The molecule has 1 aromatic carbocycles. The molecule has 0 radical (unpaired) electrons. The highest BCUT2D eigenvalue weighted by molar-refractivity contribution is 5.98. The quantitative estimate of drug-likeness (QED) is 0.547. The van der Waals surface area contributed by atoms with Gasteiger partial charge >= 0.3 is 6.09 Å². The molecule has 8 heteroatoms. The van der Waals surface area contributed by atoms with Crippen molar-refractivity contribution in [2.75, 3.05) is 18.0 Å². The summed E-state index contributed by atoms with van der Waals surface area (Å²) in [5, 5.41) is 12.5. The van der Waals surface area contributed by atoms with Crippen LogP contribution in [-0.2, 0) is 4.74 Å². The number of amides is 1. The lowest BCUT2D eigenvalue weighted by Crippen LogP contribution is -2.46. The predicted octanol–water partition coefficient (Wildman–Crippen LogP) is 4.30. The van der Waals surface area contributed by atoms with Gasteiger partial charge in [-0.25, -0.2) is 9.78 Å². The van der Waals surface area contributed by atoms with Crippen LogP contribution in [0, 0.1) is 5.41 Å². The third-order valence-corrected chi connectivity index (χ3v) is 5.46. The van der Waals surface area contributed by atoms with Crippen molar-refractivity contribution in [1.29, 1.82) is 5.41 Å². The van der Waals surface area contributed by atoms with E-state index in [2.05, 4.69) is 32.3 Å². The summed E-state index contributed by atoms with van der Waals surface area (Å²) in [7, 11) is 0. The number of para-hydroxylation sites is 1. The van der Waals surface area contributed by atoms with Crippen LogP contribution in [0.25, 0.3) is 10.9 Å². The van der Waals surface area contributed by atoms with Crippen LogP contribution in [0.1, 0.15) is 51.4 Å². The third-order valence-electron chi connectivity index (χ3n) is 5.46. The molecule has 0 aliphatic carbocycles. The Hall–Kier alpha value is -3.55. The number of ether oxygens (including phenoxy) is 1. The van der Waals surface area contributed by atoms with Gasteiger partial charge in [0.2, 0.25) is 0 Å². The highest BCUT2D eigenvalue weighted by Crippen LogP contribution is 2.32. The van der Waals surface area contributed by atoms with Gasteiger partial charge in [-0.1, -0.05) is 18.2 Å². The van der Waals surface area contributed by atoms with Gasteiger partial charge in [0.05, 0.1) is 16.9 Å². The average molecular weight is 447 g/mol. The number of alkyl carbamates (subject to hydrolysis) is 1. The summed E-state index contributed by atoms with van der Waals surface area (Å²) in [5.41, 5.74) is 2.18. The molecule has 0 spiro atoms. The van der Waals surface area contributed by atoms with E-state index in [9.17, 15) is 4.79 Å². The first-order valence-corrected chi connectivity index (χ1v) is 11.2. The van der Waals surface area contributed by atoms with Crippen molar-refractivity contribution in [1.82, 2.24) is 20.3 Å². The lowest BCUT2D eigenvalue weighted by molar-refractivity contribution is 0.0510. The number of benzene rings is 1. The summed E-state index contributed by atoms with van der Waals surface area (Å²) in [6, 6.07) is 12.0. The Balaban J connectivity index is 1.39. The average Bonchev–Trinajstić information content (AvgIpc) is 2.71. The maximum absolute atomic E-state index is 12.0. The van der Waals surface area contributed by atoms with E-state index in [1.165, 1.54) is 0 Å². The SMILES string of the molecule is CC(CC(=N)c1nccnc1C1CN(c2ccc3ccccc3n2)C1)NC(=O)OC(C)(C)C. The van der Waals surface area contributed by atoms with Crippen LogP contribution < -0.4 is 10.2 Å². The number of carbonyl (C=O) groups excluding carboxylic acids is 1. The Morgan fingerprint density at radius 3 is 2.67 bits per heavy atom. The molecule has 1 aliphatic heterocycles. The largest absolute Gasteiger partial charge is 0.444 e. The molecule has 3 heterocycles. The van der Waals surface area contributed by atoms with Crippen molar-refractivity contribution < 1.29 is 9.53 Å². The zero-order valence-corrected chi connectivity index (χ0v) is 19.5. The van der Waals surface area contributed by atoms with E-state index in [0.29, 0.717) is 17.8 Å². The topological polar surface area (TPSA) is 104 Å². The van der Waals surface area contributed by atoms with E-state index in [1.54, 1.807) is 12.4 Å². The molecule has 2 aromatic heterocycles. The number of hydrogen-bond donors (Lipinski definition) is 2. The molecule has 172 valence electrons. The van der Waals surface area contributed by atoms with Crippen molar-refractivity contribution in [2.45, 2.75) is 51.7 Å². The van der Waals surface area contributed by atoms with Crippen molar-refractivity contribution in [3.8, 4) is 0 Å². The lowest BCUT2D eigenvalue weighted by Gasteiger charge is -2.40. The Labute approximate surface area is 193 Å². The maximum atomic E-state index is 12.0. The van der Waals surface area contributed by atoms with Crippen LogP contribution in [-0.4, -0.2) is 51.5 Å². The van der Waals surface area contributed by atoms with Crippen LogP contribution in [0.5, 0.6) is 0 Å². The predicted molar refractivity (Wildman–Crippen MR) is 129 cm³/mol. The van der Waals surface area contributed by atoms with Gasteiger partial charge in [-0.2, -0.15) is 0 Å². The molecule has 1 saturated heterocycles. The Morgan fingerprint density at radius 1 is 1.18 bits per heavy atom. The van der Waals surface area contributed by atoms with Crippen LogP contribution in [0.15, 0.2) is 48.8 Å². The molecule has 4 rings (SSSR count). The Bertz CT molecular complexity index is 1170. The van der Waals surface area contributed by atoms with Gasteiger partial charge in [0.15, 0.2) is 0 Å². The molecular weight excluding hydrogens is 416 g/mol. The number of hydrogen-bond acceptors (Lipinski definition) is 7. The lowest BCUT2D eigenvalue weighted by atomic mass is 9.92. The van der Waals surface area contributed by atoms with Gasteiger partial charge < -0.3 is 20.4 Å². The van der Waals surface area contributed by atoms with Gasteiger partial charge in [-0.05, 0) is 45.9 Å². The molecule has 8 nitrogen and oxygen atoms in total. The summed E-state index contributed by atoms with van der Waals surface area (Å²) < 4.78 is 5.30. The van der Waals surface area contributed by atoms with Crippen LogP contribution in [0.3, 0.4) is 0 Å². The normalized spacial score (nSPS) is 15.1. The standard InChI is InChI=1S/C25H30N6O2/c1-16(29-24(32)33-25(2,3)4)13-19(26)23-22(27-11-12-28-23)18-14-31(15-18)21-10-9-17-7-5-6-8-20(17)30-21/h5-12,16,18,26H,13-15H2,1-4H3,(H,29,32). The number of pyridine rings is 1. The first-order valence-electron chi connectivity index (χ1n) is 11.2. The summed E-state index contributed by atoms with van der Waals surface area (Å²) in [4.78, 5) is 28.0. The smallest absolute Gasteiger partial charge is 0.407 e. The first kappa shape index (κ1) is 22.6. The summed E-state index contributed by atoms with van der Waals surface area (Å²) in [5.74, 6) is 1.12. The highest BCUT2D eigenvalue weighted by Gasteiger charge is 2.33. The minimum Gasteiger partial charge on any atom is -0.444 e. The minimum atomic E-state index is -0.564. The van der Waals surface area contributed by atoms with E-state index in [-0.39, 0.29) is 12.0 Å². The fraction of sp³-hybridized carbons (Fsp3) is 0.400. The second-order valence-electron chi connectivity index (χ2n) is 9.48. The van der Waals surface area contributed by atoms with Gasteiger partial charge in [-0.15, -0.1) is 0 Å². The zero-order valence-electron chi connectivity index (χ0n) is 19.5. The summed E-state index contributed by atoms with van der Waals surface area (Å²) in [6.45, 7) is 8.86. The van der Waals surface area contributed by atoms with E-state index in [0.717, 1.165) is 35.5 Å². The van der Waals surface area contributed by atoms with Gasteiger partial charge in [-0.3, -0.25) is 9.97 Å². The zero-order chi connectivity index (χ0) is 23.6. The number of aromatic nitrogens is 3. The van der Waals surface area contributed by atoms with E-state index in [1.807, 2.05) is 52.0 Å². The van der Waals surface area contributed by atoms with Gasteiger partial charge in [0.25, 0.3) is 0 Å². The van der Waals surface area contributed by atoms with Crippen molar-refractivity contribution in [2.24, 2.45) is 0 Å².